The zero-order chi connectivity index (χ0) is 16.6. The van der Waals surface area contributed by atoms with Crippen LogP contribution in [0, 0.1) is 5.41 Å². The molecule has 0 amide bonds. The lowest BCUT2D eigenvalue weighted by molar-refractivity contribution is -0.116. The molecule has 1 aliphatic heterocycles. The van der Waals surface area contributed by atoms with Gasteiger partial charge in [0.25, 0.3) is 0 Å². The fraction of sp³-hybridized carbons (Fsp3) is 0.765. The molecular weight excluding hydrogens is 294 g/mol. The number of carboxylic acid groups (broad SMARTS) is 1. The number of rotatable bonds is 6. The summed E-state index contributed by atoms with van der Waals surface area (Å²) in [6, 6.07) is 0.386. The van der Waals surface area contributed by atoms with Gasteiger partial charge in [0, 0.05) is 35.8 Å². The summed E-state index contributed by atoms with van der Waals surface area (Å²) in [5.41, 5.74) is 2.58. The summed E-state index contributed by atoms with van der Waals surface area (Å²) in [7, 11) is 2.15. The minimum atomic E-state index is -0.904. The molecular formula is C17H27N3O3. The van der Waals surface area contributed by atoms with Crippen molar-refractivity contribution < 1.29 is 14.6 Å². The van der Waals surface area contributed by atoms with Crippen molar-refractivity contribution in [1.82, 2.24) is 14.7 Å². The van der Waals surface area contributed by atoms with E-state index in [4.69, 9.17) is 4.74 Å². The second-order valence-electron chi connectivity index (χ2n) is 7.42. The van der Waals surface area contributed by atoms with E-state index in [-0.39, 0.29) is 11.1 Å². The number of hydrogen-bond donors (Lipinski definition) is 1. The molecule has 2 heterocycles. The number of aromatic nitrogens is 2. The second kappa shape index (κ2) is 6.24. The van der Waals surface area contributed by atoms with E-state index in [1.54, 1.807) is 0 Å². The molecule has 1 saturated heterocycles. The Morgan fingerprint density at radius 1 is 1.52 bits per heavy atom. The lowest BCUT2D eigenvalue weighted by Gasteiger charge is -2.43. The lowest BCUT2D eigenvalue weighted by Crippen LogP contribution is -2.51. The van der Waals surface area contributed by atoms with Crippen LogP contribution in [0.4, 0.5) is 0 Å². The highest BCUT2D eigenvalue weighted by molar-refractivity contribution is 5.87. The third kappa shape index (κ3) is 3.15. The number of aryl methyl sites for hydroxylation is 1. The van der Waals surface area contributed by atoms with Gasteiger partial charge in [-0.05, 0) is 32.7 Å². The van der Waals surface area contributed by atoms with Gasteiger partial charge in [0.2, 0.25) is 0 Å². The van der Waals surface area contributed by atoms with Gasteiger partial charge in [0.1, 0.15) is 0 Å². The second-order valence-corrected chi connectivity index (χ2v) is 7.42. The van der Waals surface area contributed by atoms with Gasteiger partial charge in [-0.1, -0.05) is 13.8 Å². The molecule has 6 heteroatoms. The number of aromatic carboxylic acids is 1. The Morgan fingerprint density at radius 2 is 2.26 bits per heavy atom. The van der Waals surface area contributed by atoms with E-state index in [0.717, 1.165) is 63.2 Å². The van der Waals surface area contributed by atoms with Crippen LogP contribution < -0.4 is 0 Å². The number of hydrogen-bond acceptors (Lipinski definition) is 4. The summed E-state index contributed by atoms with van der Waals surface area (Å²) in [6.07, 6.45) is 3.73. The third-order valence-corrected chi connectivity index (χ3v) is 5.11. The predicted octanol–water partition coefficient (Wildman–Crippen LogP) is 1.82. The molecule has 128 valence electrons. The fourth-order valence-corrected chi connectivity index (χ4v) is 3.89. The van der Waals surface area contributed by atoms with Gasteiger partial charge in [-0.15, -0.1) is 0 Å². The SMILES string of the molecule is CCCn1nc(C(=O)O)c2c1CC[C@H](N(C)CC1(C)COC1)C2. The quantitative estimate of drug-likeness (QED) is 0.865. The standard InChI is InChI=1S/C17H27N3O3/c1-4-7-20-14-6-5-12(8-13(14)15(18-20)16(21)22)19(3)9-17(2)10-23-11-17/h12H,4-11H2,1-3H3,(H,21,22)/t12-/m0/s1. The highest BCUT2D eigenvalue weighted by atomic mass is 16.5. The number of carbonyl (C=O) groups is 1. The minimum Gasteiger partial charge on any atom is -0.476 e. The normalized spacial score (nSPS) is 22.7. The van der Waals surface area contributed by atoms with Gasteiger partial charge in [-0.2, -0.15) is 5.10 Å². The molecule has 1 aromatic heterocycles. The van der Waals surface area contributed by atoms with Crippen molar-refractivity contribution in [3.8, 4) is 0 Å². The van der Waals surface area contributed by atoms with Gasteiger partial charge in [0.15, 0.2) is 5.69 Å². The molecule has 2 aliphatic rings. The Kier molecular flexibility index (Phi) is 4.47. The number of ether oxygens (including phenoxy) is 1. The lowest BCUT2D eigenvalue weighted by atomic mass is 9.85. The first kappa shape index (κ1) is 16.5. The van der Waals surface area contributed by atoms with E-state index < -0.39 is 5.97 Å². The number of likely N-dealkylation sites (N-methyl/N-ethyl adjacent to an activating group) is 1. The van der Waals surface area contributed by atoms with Crippen molar-refractivity contribution >= 4 is 5.97 Å². The van der Waals surface area contributed by atoms with Crippen LogP contribution in [0.2, 0.25) is 0 Å². The van der Waals surface area contributed by atoms with E-state index in [1.807, 2.05) is 4.68 Å². The van der Waals surface area contributed by atoms with Crippen LogP contribution in [-0.4, -0.2) is 58.6 Å². The summed E-state index contributed by atoms with van der Waals surface area (Å²) in [4.78, 5) is 13.9. The Balaban J connectivity index is 1.77. The van der Waals surface area contributed by atoms with Crippen LogP contribution >= 0.6 is 0 Å². The molecule has 1 fully saturated rings. The summed E-state index contributed by atoms with van der Waals surface area (Å²) >= 11 is 0. The molecule has 0 bridgehead atoms. The molecule has 3 rings (SSSR count). The number of nitrogens with zero attached hydrogens (tertiary/aromatic N) is 3. The van der Waals surface area contributed by atoms with E-state index in [2.05, 4.69) is 30.9 Å². The van der Waals surface area contributed by atoms with Crippen LogP contribution in [0.3, 0.4) is 0 Å². The average molecular weight is 321 g/mol. The Morgan fingerprint density at radius 3 is 2.83 bits per heavy atom. The minimum absolute atomic E-state index is 0.247. The Labute approximate surface area is 137 Å². The molecule has 1 aromatic rings. The van der Waals surface area contributed by atoms with E-state index in [1.165, 1.54) is 0 Å². The molecule has 0 radical (unpaired) electrons. The highest BCUT2D eigenvalue weighted by Gasteiger charge is 2.37. The molecule has 1 aliphatic carbocycles. The van der Waals surface area contributed by atoms with Crippen molar-refractivity contribution in [2.24, 2.45) is 5.41 Å². The van der Waals surface area contributed by atoms with Crippen molar-refractivity contribution in [2.45, 2.75) is 52.1 Å². The fourth-order valence-electron chi connectivity index (χ4n) is 3.89. The summed E-state index contributed by atoms with van der Waals surface area (Å²) in [5.74, 6) is -0.904. The number of fused-ring (bicyclic) bond motifs is 1. The molecule has 0 spiro atoms. The molecule has 1 N–H and O–H groups in total. The maximum absolute atomic E-state index is 11.5. The zero-order valence-electron chi connectivity index (χ0n) is 14.3. The average Bonchev–Trinajstić information content (AvgIpc) is 2.84. The Bertz CT molecular complexity index is 592. The summed E-state index contributed by atoms with van der Waals surface area (Å²) < 4.78 is 7.26. The molecule has 23 heavy (non-hydrogen) atoms. The van der Waals surface area contributed by atoms with Crippen molar-refractivity contribution in [3.63, 3.8) is 0 Å². The van der Waals surface area contributed by atoms with E-state index in [0.29, 0.717) is 6.04 Å². The van der Waals surface area contributed by atoms with Crippen molar-refractivity contribution in [1.29, 1.82) is 0 Å². The van der Waals surface area contributed by atoms with Crippen LogP contribution in [0.15, 0.2) is 0 Å². The first-order valence-corrected chi connectivity index (χ1v) is 8.53. The topological polar surface area (TPSA) is 67.6 Å². The van der Waals surface area contributed by atoms with Crippen molar-refractivity contribution in [2.75, 3.05) is 26.8 Å². The van der Waals surface area contributed by atoms with Crippen LogP contribution in [0.25, 0.3) is 0 Å². The summed E-state index contributed by atoms with van der Waals surface area (Å²) in [5, 5.41) is 13.8. The highest BCUT2D eigenvalue weighted by Crippen LogP contribution is 2.31. The molecule has 0 aromatic carbocycles. The molecule has 0 saturated carbocycles. The third-order valence-electron chi connectivity index (χ3n) is 5.11. The zero-order valence-corrected chi connectivity index (χ0v) is 14.3. The predicted molar refractivity (Wildman–Crippen MR) is 86.8 cm³/mol. The number of carboxylic acids is 1. The van der Waals surface area contributed by atoms with Crippen LogP contribution in [0.5, 0.6) is 0 Å². The monoisotopic (exact) mass is 321 g/mol. The van der Waals surface area contributed by atoms with Crippen molar-refractivity contribution in [3.05, 3.63) is 17.0 Å². The van der Waals surface area contributed by atoms with E-state index >= 15 is 0 Å². The maximum Gasteiger partial charge on any atom is 0.356 e. The van der Waals surface area contributed by atoms with Gasteiger partial charge < -0.3 is 14.7 Å². The van der Waals surface area contributed by atoms with E-state index in [9.17, 15) is 9.90 Å². The van der Waals surface area contributed by atoms with Gasteiger partial charge in [-0.3, -0.25) is 4.68 Å². The van der Waals surface area contributed by atoms with Gasteiger partial charge >= 0.3 is 5.97 Å². The van der Waals surface area contributed by atoms with Crippen LogP contribution in [0.1, 0.15) is 48.4 Å². The smallest absolute Gasteiger partial charge is 0.356 e. The van der Waals surface area contributed by atoms with Crippen LogP contribution in [-0.2, 0) is 24.1 Å². The molecule has 0 unspecified atom stereocenters. The molecule has 1 atom stereocenters. The van der Waals surface area contributed by atoms with Gasteiger partial charge in [-0.25, -0.2) is 4.79 Å². The first-order chi connectivity index (χ1) is 10.9. The largest absolute Gasteiger partial charge is 0.476 e. The first-order valence-electron chi connectivity index (χ1n) is 8.53. The Hall–Kier alpha value is -1.40. The van der Waals surface area contributed by atoms with Gasteiger partial charge in [0.05, 0.1) is 13.2 Å². The summed E-state index contributed by atoms with van der Waals surface area (Å²) in [6.45, 7) is 7.79. The molecule has 6 nitrogen and oxygen atoms in total. The maximum atomic E-state index is 11.5.